The molecule has 0 aliphatic rings. The van der Waals surface area contributed by atoms with E-state index in [9.17, 15) is 9.90 Å². The molecule has 0 aliphatic heterocycles. The Labute approximate surface area is 150 Å². The number of aryl methyl sites for hydroxylation is 1. The molecule has 0 spiro atoms. The number of carbonyl (C=O) groups is 1. The predicted octanol–water partition coefficient (Wildman–Crippen LogP) is 3.82. The number of hydrogen-bond donors (Lipinski definition) is 3. The van der Waals surface area contributed by atoms with Gasteiger partial charge in [0.25, 0.3) is 5.91 Å². The Bertz CT molecular complexity index is 934. The molecule has 0 radical (unpaired) electrons. The fraction of sp³-hybridized carbons (Fsp3) is 0.211. The number of H-pyrrole nitrogens is 1. The quantitative estimate of drug-likeness (QED) is 0.649. The zero-order chi connectivity index (χ0) is 18.0. The molecule has 0 saturated carbocycles. The van der Waals surface area contributed by atoms with Crippen LogP contribution in [0.4, 0.5) is 0 Å². The Kier molecular flexibility index (Phi) is 4.86. The molecule has 3 aromatic rings. The van der Waals surface area contributed by atoms with Gasteiger partial charge in [0.05, 0.1) is 23.2 Å². The van der Waals surface area contributed by atoms with Gasteiger partial charge in [-0.25, -0.2) is 0 Å². The van der Waals surface area contributed by atoms with Gasteiger partial charge in [0.1, 0.15) is 11.5 Å². The second-order valence-corrected chi connectivity index (χ2v) is 6.28. The van der Waals surface area contributed by atoms with Crippen molar-refractivity contribution in [2.45, 2.75) is 13.3 Å². The lowest BCUT2D eigenvalue weighted by Gasteiger charge is -2.08. The van der Waals surface area contributed by atoms with Crippen molar-refractivity contribution in [2.24, 2.45) is 0 Å². The van der Waals surface area contributed by atoms with Crippen LogP contribution in [0.3, 0.4) is 0 Å². The van der Waals surface area contributed by atoms with Crippen molar-refractivity contribution in [3.05, 3.63) is 58.2 Å². The van der Waals surface area contributed by atoms with Crippen LogP contribution in [0.25, 0.3) is 10.9 Å². The number of phenolic OH excluding ortho intramolecular Hbond substituents is 1. The second-order valence-electron chi connectivity index (χ2n) is 5.87. The van der Waals surface area contributed by atoms with Gasteiger partial charge in [-0.15, -0.1) is 0 Å². The average molecular weight is 359 g/mol. The summed E-state index contributed by atoms with van der Waals surface area (Å²) in [6, 6.07) is 8.63. The summed E-state index contributed by atoms with van der Waals surface area (Å²) in [6.45, 7) is 2.29. The van der Waals surface area contributed by atoms with E-state index in [2.05, 4.69) is 10.3 Å². The molecule has 1 aromatic heterocycles. The van der Waals surface area contributed by atoms with E-state index in [0.29, 0.717) is 23.7 Å². The third-order valence-electron chi connectivity index (χ3n) is 4.10. The van der Waals surface area contributed by atoms with Crippen molar-refractivity contribution >= 4 is 28.4 Å². The van der Waals surface area contributed by atoms with Crippen molar-refractivity contribution < 1.29 is 14.6 Å². The molecule has 0 aliphatic carbocycles. The smallest absolute Gasteiger partial charge is 0.255 e. The molecule has 25 heavy (non-hydrogen) atoms. The molecular weight excluding hydrogens is 340 g/mol. The second kappa shape index (κ2) is 7.07. The van der Waals surface area contributed by atoms with Crippen LogP contribution >= 0.6 is 11.6 Å². The maximum Gasteiger partial charge on any atom is 0.255 e. The molecule has 0 bridgehead atoms. The topological polar surface area (TPSA) is 74.3 Å². The van der Waals surface area contributed by atoms with Gasteiger partial charge in [-0.1, -0.05) is 17.7 Å². The molecule has 6 heteroatoms. The number of phenols is 1. The fourth-order valence-corrected chi connectivity index (χ4v) is 3.14. The number of hydrogen-bond acceptors (Lipinski definition) is 3. The van der Waals surface area contributed by atoms with E-state index in [-0.39, 0.29) is 17.2 Å². The van der Waals surface area contributed by atoms with Gasteiger partial charge in [-0.05, 0) is 42.7 Å². The van der Waals surface area contributed by atoms with E-state index in [1.165, 1.54) is 0 Å². The number of aromatic amines is 1. The minimum absolute atomic E-state index is 0.0141. The first kappa shape index (κ1) is 17.2. The van der Waals surface area contributed by atoms with Gasteiger partial charge in [0.15, 0.2) is 0 Å². The third-order valence-corrected chi connectivity index (χ3v) is 4.40. The summed E-state index contributed by atoms with van der Waals surface area (Å²) >= 11 is 6.34. The SMILES string of the molecule is COc1cc(Cl)c2c(CCNC(=O)c3ccc(C)cc3O)c[nH]c2c1. The summed E-state index contributed by atoms with van der Waals surface area (Å²) in [7, 11) is 1.59. The number of halogens is 1. The van der Waals surface area contributed by atoms with E-state index >= 15 is 0 Å². The van der Waals surface area contributed by atoms with Gasteiger partial charge >= 0.3 is 0 Å². The number of carbonyl (C=O) groups excluding carboxylic acids is 1. The van der Waals surface area contributed by atoms with Crippen LogP contribution in [-0.4, -0.2) is 29.7 Å². The molecule has 0 fully saturated rings. The molecule has 0 saturated heterocycles. The maximum atomic E-state index is 12.2. The number of methoxy groups -OCH3 is 1. The minimum atomic E-state index is -0.301. The van der Waals surface area contributed by atoms with Gasteiger partial charge < -0.3 is 20.1 Å². The predicted molar refractivity (Wildman–Crippen MR) is 98.7 cm³/mol. The zero-order valence-electron chi connectivity index (χ0n) is 14.0. The summed E-state index contributed by atoms with van der Waals surface area (Å²) in [4.78, 5) is 15.4. The molecule has 3 N–H and O–H groups in total. The van der Waals surface area contributed by atoms with Gasteiger partial charge in [0, 0.05) is 24.2 Å². The minimum Gasteiger partial charge on any atom is -0.507 e. The number of benzene rings is 2. The number of fused-ring (bicyclic) bond motifs is 1. The summed E-state index contributed by atoms with van der Waals surface area (Å²) in [6.07, 6.45) is 2.50. The van der Waals surface area contributed by atoms with Crippen LogP contribution < -0.4 is 10.1 Å². The Balaban J connectivity index is 1.70. The molecule has 3 rings (SSSR count). The summed E-state index contributed by atoms with van der Waals surface area (Å²) in [5.41, 5.74) is 3.07. The van der Waals surface area contributed by atoms with Crippen LogP contribution in [0.1, 0.15) is 21.5 Å². The van der Waals surface area contributed by atoms with Gasteiger partial charge in [0.2, 0.25) is 0 Å². The molecule has 2 aromatic carbocycles. The van der Waals surface area contributed by atoms with Crippen molar-refractivity contribution in [1.82, 2.24) is 10.3 Å². The van der Waals surface area contributed by atoms with Crippen LogP contribution in [-0.2, 0) is 6.42 Å². The Morgan fingerprint density at radius 1 is 1.32 bits per heavy atom. The number of aromatic nitrogens is 1. The van der Waals surface area contributed by atoms with Crippen molar-refractivity contribution in [3.8, 4) is 11.5 Å². The Morgan fingerprint density at radius 3 is 2.84 bits per heavy atom. The zero-order valence-corrected chi connectivity index (χ0v) is 14.8. The number of ether oxygens (including phenoxy) is 1. The first-order valence-corrected chi connectivity index (χ1v) is 8.28. The van der Waals surface area contributed by atoms with Crippen molar-refractivity contribution in [2.75, 3.05) is 13.7 Å². The molecule has 0 atom stereocenters. The van der Waals surface area contributed by atoms with Crippen LogP contribution in [0, 0.1) is 6.92 Å². The highest BCUT2D eigenvalue weighted by Gasteiger charge is 2.13. The van der Waals surface area contributed by atoms with E-state index in [1.54, 1.807) is 31.4 Å². The number of rotatable bonds is 5. The third kappa shape index (κ3) is 3.56. The molecule has 0 unspecified atom stereocenters. The lowest BCUT2D eigenvalue weighted by molar-refractivity contribution is 0.0951. The van der Waals surface area contributed by atoms with Crippen LogP contribution in [0.15, 0.2) is 36.5 Å². The van der Waals surface area contributed by atoms with Gasteiger partial charge in [-0.3, -0.25) is 4.79 Å². The number of aromatic hydroxyl groups is 1. The first-order chi connectivity index (χ1) is 12.0. The van der Waals surface area contributed by atoms with E-state index in [4.69, 9.17) is 16.3 Å². The fourth-order valence-electron chi connectivity index (χ4n) is 2.81. The summed E-state index contributed by atoms with van der Waals surface area (Å²) in [5.74, 6) is 0.374. The highest BCUT2D eigenvalue weighted by molar-refractivity contribution is 6.36. The number of amides is 1. The molecule has 130 valence electrons. The normalized spacial score (nSPS) is 10.8. The Hall–Kier alpha value is -2.66. The highest BCUT2D eigenvalue weighted by Crippen LogP contribution is 2.31. The highest BCUT2D eigenvalue weighted by atomic mass is 35.5. The molecule has 1 heterocycles. The van der Waals surface area contributed by atoms with E-state index in [0.717, 1.165) is 22.0 Å². The first-order valence-electron chi connectivity index (χ1n) is 7.91. The van der Waals surface area contributed by atoms with E-state index < -0.39 is 0 Å². The van der Waals surface area contributed by atoms with Crippen molar-refractivity contribution in [3.63, 3.8) is 0 Å². The lowest BCUT2D eigenvalue weighted by Crippen LogP contribution is -2.25. The molecular formula is C19H19ClN2O3. The lowest BCUT2D eigenvalue weighted by atomic mass is 10.1. The monoisotopic (exact) mass is 358 g/mol. The molecule has 5 nitrogen and oxygen atoms in total. The van der Waals surface area contributed by atoms with Gasteiger partial charge in [-0.2, -0.15) is 0 Å². The molecule has 1 amide bonds. The standard InChI is InChI=1S/C19H19ClN2O3/c1-11-3-4-14(17(23)7-11)19(24)21-6-5-12-10-22-16-9-13(25-2)8-15(20)18(12)16/h3-4,7-10,22-23H,5-6H2,1-2H3,(H,21,24). The van der Waals surface area contributed by atoms with E-state index in [1.807, 2.05) is 19.2 Å². The largest absolute Gasteiger partial charge is 0.507 e. The van der Waals surface area contributed by atoms with Crippen LogP contribution in [0.2, 0.25) is 5.02 Å². The summed E-state index contributed by atoms with van der Waals surface area (Å²) < 4.78 is 5.21. The van der Waals surface area contributed by atoms with Crippen molar-refractivity contribution in [1.29, 1.82) is 0 Å². The number of nitrogens with one attached hydrogen (secondary N) is 2. The summed E-state index contributed by atoms with van der Waals surface area (Å²) in [5, 5.41) is 14.2. The van der Waals surface area contributed by atoms with Crippen LogP contribution in [0.5, 0.6) is 11.5 Å². The average Bonchev–Trinajstić information content (AvgIpc) is 2.98. The maximum absolute atomic E-state index is 12.2. The Morgan fingerprint density at radius 2 is 2.12 bits per heavy atom.